The summed E-state index contributed by atoms with van der Waals surface area (Å²) in [5.74, 6) is 0.935. The van der Waals surface area contributed by atoms with E-state index >= 15 is 4.39 Å². The van der Waals surface area contributed by atoms with Crippen LogP contribution in [0.3, 0.4) is 0 Å². The molecule has 8 nitrogen and oxygen atoms in total. The lowest BCUT2D eigenvalue weighted by Gasteiger charge is -2.22. The summed E-state index contributed by atoms with van der Waals surface area (Å²) in [6, 6.07) is 4.56. The monoisotopic (exact) mass is 580 g/mol. The van der Waals surface area contributed by atoms with E-state index in [9.17, 15) is 9.90 Å². The number of piperidine rings is 1. The third-order valence-electron chi connectivity index (χ3n) is 8.16. The zero-order valence-corrected chi connectivity index (χ0v) is 22.8. The molecule has 1 aliphatic heterocycles. The van der Waals surface area contributed by atoms with Gasteiger partial charge in [-0.05, 0) is 42.7 Å². The number of allylic oxidation sites excluding steroid dienone is 1. The van der Waals surface area contributed by atoms with Crippen molar-refractivity contribution in [3.8, 4) is 17.0 Å². The van der Waals surface area contributed by atoms with Crippen molar-refractivity contribution in [2.45, 2.75) is 18.8 Å². The molecule has 2 unspecified atom stereocenters. The predicted octanol–water partition coefficient (Wildman–Crippen LogP) is 6.71. The van der Waals surface area contributed by atoms with Crippen molar-refractivity contribution in [2.75, 3.05) is 25.1 Å². The Labute approximate surface area is 238 Å². The number of carboxylic acid groups (broad SMARTS) is 1. The van der Waals surface area contributed by atoms with Gasteiger partial charge in [0.15, 0.2) is 11.5 Å². The summed E-state index contributed by atoms with van der Waals surface area (Å²) in [5, 5.41) is 14.9. The van der Waals surface area contributed by atoms with Gasteiger partial charge in [-0.15, -0.1) is 0 Å². The lowest BCUT2D eigenvalue weighted by Crippen LogP contribution is -2.23. The van der Waals surface area contributed by atoms with E-state index < -0.39 is 11.8 Å². The number of benzene rings is 1. The summed E-state index contributed by atoms with van der Waals surface area (Å²) >= 11 is 12.9. The number of carboxylic acids is 1. The fourth-order valence-electron chi connectivity index (χ4n) is 5.91. The largest absolute Gasteiger partial charge is 0.496 e. The first kappa shape index (κ1) is 25.3. The first-order valence-electron chi connectivity index (χ1n) is 13.0. The highest BCUT2D eigenvalue weighted by Crippen LogP contribution is 2.54. The number of ether oxygens (including phenoxy) is 1. The highest BCUT2D eigenvalue weighted by atomic mass is 35.5. The number of nitrogens with zero attached hydrogens (tertiary/aromatic N) is 4. The van der Waals surface area contributed by atoms with Gasteiger partial charge >= 0.3 is 5.97 Å². The topological polar surface area (TPSA) is 102 Å². The SMILES string of the molecule is COc1cc(C(=O)O)nc2c(F)cc(N3CC4C(C=Cc5c(-c6c(Cl)cncc6Cl)noc5C5CC5)C4C3)cc12. The zero-order chi connectivity index (χ0) is 27.7. The number of aromatic carboxylic acids is 1. The van der Waals surface area contributed by atoms with Crippen molar-refractivity contribution in [2.24, 2.45) is 17.8 Å². The van der Waals surface area contributed by atoms with Gasteiger partial charge in [0.05, 0.1) is 17.2 Å². The Balaban J connectivity index is 1.12. The molecule has 3 aromatic heterocycles. The number of rotatable bonds is 7. The number of hydrogen-bond donors (Lipinski definition) is 1. The van der Waals surface area contributed by atoms with Crippen LogP contribution in [-0.4, -0.2) is 46.4 Å². The molecule has 0 bridgehead atoms. The summed E-state index contributed by atoms with van der Waals surface area (Å²) in [7, 11) is 1.43. The number of pyridine rings is 2. The number of methoxy groups -OCH3 is 1. The van der Waals surface area contributed by atoms with Crippen molar-refractivity contribution >= 4 is 51.8 Å². The van der Waals surface area contributed by atoms with E-state index in [1.165, 1.54) is 19.2 Å². The maximum absolute atomic E-state index is 15.1. The van der Waals surface area contributed by atoms with Gasteiger partial charge in [0.25, 0.3) is 0 Å². The molecule has 11 heteroatoms. The number of halogens is 3. The van der Waals surface area contributed by atoms with Gasteiger partial charge < -0.3 is 19.3 Å². The quantitative estimate of drug-likeness (QED) is 0.257. The highest BCUT2D eigenvalue weighted by Gasteiger charge is 2.54. The molecule has 3 fully saturated rings. The van der Waals surface area contributed by atoms with Crippen molar-refractivity contribution in [1.82, 2.24) is 15.1 Å². The first-order chi connectivity index (χ1) is 19.3. The Morgan fingerprint density at radius 1 is 1.18 bits per heavy atom. The van der Waals surface area contributed by atoms with Crippen LogP contribution in [0, 0.1) is 23.6 Å². The lowest BCUT2D eigenvalue weighted by molar-refractivity contribution is 0.0690. The van der Waals surface area contributed by atoms with Crippen LogP contribution >= 0.6 is 23.2 Å². The molecule has 4 heterocycles. The van der Waals surface area contributed by atoms with Gasteiger partial charge in [0.1, 0.15) is 22.7 Å². The maximum Gasteiger partial charge on any atom is 0.354 e. The molecule has 2 atom stereocenters. The molecule has 2 saturated carbocycles. The molecule has 40 heavy (non-hydrogen) atoms. The Hall–Kier alpha value is -3.69. The minimum Gasteiger partial charge on any atom is -0.496 e. The van der Waals surface area contributed by atoms with Crippen LogP contribution < -0.4 is 9.64 Å². The van der Waals surface area contributed by atoms with Crippen LogP contribution in [0.2, 0.25) is 10.0 Å². The molecule has 0 radical (unpaired) electrons. The molecular formula is C29H23Cl2FN4O4. The fraction of sp³-hybridized carbons (Fsp3) is 0.310. The molecular weight excluding hydrogens is 558 g/mol. The molecule has 1 N–H and O–H groups in total. The van der Waals surface area contributed by atoms with Crippen molar-refractivity contribution in [3.63, 3.8) is 0 Å². The van der Waals surface area contributed by atoms with E-state index in [-0.39, 0.29) is 17.0 Å². The van der Waals surface area contributed by atoms with Gasteiger partial charge in [-0.2, -0.15) is 0 Å². The first-order valence-corrected chi connectivity index (χ1v) is 13.7. The molecule has 4 aromatic rings. The molecule has 0 amide bonds. The van der Waals surface area contributed by atoms with E-state index in [1.807, 2.05) is 6.07 Å². The summed E-state index contributed by atoms with van der Waals surface area (Å²) < 4.78 is 26.2. The summed E-state index contributed by atoms with van der Waals surface area (Å²) in [4.78, 5) is 21.6. The van der Waals surface area contributed by atoms with Crippen molar-refractivity contribution < 1.29 is 23.6 Å². The van der Waals surface area contributed by atoms with Gasteiger partial charge in [-0.3, -0.25) is 4.98 Å². The van der Waals surface area contributed by atoms with E-state index in [0.29, 0.717) is 50.4 Å². The van der Waals surface area contributed by atoms with Gasteiger partial charge in [-0.1, -0.05) is 40.5 Å². The molecule has 1 aromatic carbocycles. The van der Waals surface area contributed by atoms with Crippen molar-refractivity contribution in [1.29, 1.82) is 0 Å². The van der Waals surface area contributed by atoms with E-state index in [1.54, 1.807) is 12.4 Å². The van der Waals surface area contributed by atoms with E-state index in [0.717, 1.165) is 42.9 Å². The Kier molecular flexibility index (Phi) is 5.98. The third-order valence-corrected chi connectivity index (χ3v) is 8.73. The number of anilines is 1. The van der Waals surface area contributed by atoms with Crippen LogP contribution in [-0.2, 0) is 0 Å². The number of hydrogen-bond acceptors (Lipinski definition) is 7. The standard InChI is InChI=1S/C29H23Cl2FN4O4/c1-39-24-8-23(29(37)38)34-26-17(24)6-14(7-22(26)32)36-11-18-15(19(18)12-36)4-5-16-27(35-40-28(16)13-2-3-13)25-20(30)9-33-10-21(25)31/h4-10,13,15,18-19H,2-3,11-12H2,1H3,(H,37,38). The normalized spacial score (nSPS) is 21.8. The molecule has 7 rings (SSSR count). The number of carbonyl (C=O) groups is 1. The number of fused-ring (bicyclic) bond motifs is 2. The smallest absolute Gasteiger partial charge is 0.354 e. The van der Waals surface area contributed by atoms with E-state index in [4.69, 9.17) is 32.5 Å². The second-order valence-electron chi connectivity index (χ2n) is 10.6. The summed E-state index contributed by atoms with van der Waals surface area (Å²) in [6.45, 7) is 1.56. The van der Waals surface area contributed by atoms with Gasteiger partial charge in [-0.25, -0.2) is 14.2 Å². The second kappa shape index (κ2) is 9.45. The molecule has 3 aliphatic rings. The Bertz CT molecular complexity index is 1690. The molecule has 1 saturated heterocycles. The average molecular weight is 581 g/mol. The molecule has 2 aliphatic carbocycles. The minimum absolute atomic E-state index is 0.0175. The summed E-state index contributed by atoms with van der Waals surface area (Å²) in [5.41, 5.74) is 2.61. The second-order valence-corrected chi connectivity index (χ2v) is 11.4. The Morgan fingerprint density at radius 2 is 1.90 bits per heavy atom. The fourth-order valence-corrected chi connectivity index (χ4v) is 6.45. The van der Waals surface area contributed by atoms with Crippen LogP contribution in [0.15, 0.2) is 41.2 Å². The number of aromatic nitrogens is 3. The minimum atomic E-state index is -1.24. The predicted molar refractivity (Wildman–Crippen MR) is 149 cm³/mol. The zero-order valence-electron chi connectivity index (χ0n) is 21.3. The van der Waals surface area contributed by atoms with Crippen molar-refractivity contribution in [3.05, 3.63) is 69.5 Å². The summed E-state index contributed by atoms with van der Waals surface area (Å²) in [6.07, 6.45) is 9.54. The Morgan fingerprint density at radius 3 is 2.55 bits per heavy atom. The van der Waals surface area contributed by atoms with Crippen LogP contribution in [0.25, 0.3) is 28.2 Å². The van der Waals surface area contributed by atoms with Gasteiger partial charge in [0, 0.05) is 59.7 Å². The van der Waals surface area contributed by atoms with E-state index in [2.05, 4.69) is 32.2 Å². The molecule has 204 valence electrons. The maximum atomic E-state index is 15.1. The van der Waals surface area contributed by atoms with Crippen LogP contribution in [0.5, 0.6) is 5.75 Å². The average Bonchev–Trinajstić information content (AvgIpc) is 3.80. The van der Waals surface area contributed by atoms with Crippen LogP contribution in [0.1, 0.15) is 40.6 Å². The third kappa shape index (κ3) is 4.19. The molecule has 0 spiro atoms. The van der Waals surface area contributed by atoms with Crippen LogP contribution in [0.4, 0.5) is 10.1 Å². The highest BCUT2D eigenvalue weighted by molar-refractivity contribution is 6.39. The van der Waals surface area contributed by atoms with Gasteiger partial charge in [0.2, 0.25) is 0 Å². The lowest BCUT2D eigenvalue weighted by atomic mass is 10.0.